The van der Waals surface area contributed by atoms with Gasteiger partial charge in [-0.2, -0.15) is 5.10 Å². The average molecular weight is 509 g/mol. The van der Waals surface area contributed by atoms with Crippen molar-refractivity contribution in [2.75, 3.05) is 6.61 Å². The summed E-state index contributed by atoms with van der Waals surface area (Å²) in [6.07, 6.45) is 6.29. The van der Waals surface area contributed by atoms with Gasteiger partial charge in [-0.25, -0.2) is 0 Å². The summed E-state index contributed by atoms with van der Waals surface area (Å²) in [5, 5.41) is 9.71. The highest BCUT2D eigenvalue weighted by Gasteiger charge is 2.40. The van der Waals surface area contributed by atoms with Gasteiger partial charge in [0.05, 0.1) is 12.2 Å². The lowest BCUT2D eigenvalue weighted by Crippen LogP contribution is -2.52. The van der Waals surface area contributed by atoms with E-state index < -0.39 is 12.1 Å². The van der Waals surface area contributed by atoms with Crippen LogP contribution in [0.2, 0.25) is 0 Å². The average Bonchev–Trinajstić information content (AvgIpc) is 3.52. The van der Waals surface area contributed by atoms with Crippen molar-refractivity contribution in [2.45, 2.75) is 63.8 Å². The Morgan fingerprint density at radius 2 is 1.94 bits per heavy atom. The maximum Gasteiger partial charge on any atom is 0.268 e. The second-order valence-electron chi connectivity index (χ2n) is 9.50. The summed E-state index contributed by atoms with van der Waals surface area (Å²) in [7, 11) is 1.83. The van der Waals surface area contributed by atoms with E-state index in [4.69, 9.17) is 9.47 Å². The maximum atomic E-state index is 14.1. The fraction of sp³-hybridized carbons (Fsp3) is 0.444. The molecule has 0 bridgehead atoms. The Hall–Kier alpha value is -3.33. The SMILES string of the molecule is Cc1nn(C)cc1[C@@H](C(=O)NC1CCCCC1)N(Cc1cccs1)C(=O)[C@H]1COc2ccccc2O1. The van der Waals surface area contributed by atoms with Gasteiger partial charge in [-0.3, -0.25) is 14.3 Å². The summed E-state index contributed by atoms with van der Waals surface area (Å²) in [4.78, 5) is 30.6. The molecule has 1 aliphatic heterocycles. The van der Waals surface area contributed by atoms with Crippen LogP contribution in [0.5, 0.6) is 11.5 Å². The van der Waals surface area contributed by atoms with Crippen LogP contribution < -0.4 is 14.8 Å². The minimum atomic E-state index is -0.859. The van der Waals surface area contributed by atoms with E-state index in [1.54, 1.807) is 27.0 Å². The number of hydrogen-bond acceptors (Lipinski definition) is 6. The summed E-state index contributed by atoms with van der Waals surface area (Å²) < 4.78 is 13.6. The van der Waals surface area contributed by atoms with Crippen LogP contribution in [-0.2, 0) is 23.2 Å². The Bertz CT molecular complexity index is 1200. The van der Waals surface area contributed by atoms with Crippen molar-refractivity contribution in [3.05, 3.63) is 64.1 Å². The van der Waals surface area contributed by atoms with E-state index in [-0.39, 0.29) is 31.0 Å². The molecule has 2 amide bonds. The smallest absolute Gasteiger partial charge is 0.268 e. The van der Waals surface area contributed by atoms with Crippen LogP contribution in [0.25, 0.3) is 0 Å². The molecule has 0 saturated heterocycles. The molecule has 2 atom stereocenters. The number of aryl methyl sites for hydroxylation is 2. The van der Waals surface area contributed by atoms with Crippen LogP contribution in [0.3, 0.4) is 0 Å². The van der Waals surface area contributed by atoms with E-state index in [2.05, 4.69) is 10.4 Å². The molecular weight excluding hydrogens is 476 g/mol. The first kappa shape index (κ1) is 24.4. The Labute approximate surface area is 215 Å². The molecule has 1 fully saturated rings. The molecular formula is C27H32N4O4S. The highest BCUT2D eigenvalue weighted by atomic mass is 32.1. The molecule has 2 aliphatic rings. The minimum Gasteiger partial charge on any atom is -0.485 e. The molecule has 1 saturated carbocycles. The van der Waals surface area contributed by atoms with E-state index in [1.807, 2.05) is 55.9 Å². The molecule has 9 heteroatoms. The number of benzene rings is 1. The van der Waals surface area contributed by atoms with Gasteiger partial charge in [0.2, 0.25) is 12.0 Å². The van der Waals surface area contributed by atoms with Crippen LogP contribution in [-0.4, -0.2) is 45.2 Å². The van der Waals surface area contributed by atoms with Gasteiger partial charge in [-0.1, -0.05) is 37.5 Å². The molecule has 8 nitrogen and oxygen atoms in total. The lowest BCUT2D eigenvalue weighted by Gasteiger charge is -2.36. The molecule has 36 heavy (non-hydrogen) atoms. The van der Waals surface area contributed by atoms with E-state index >= 15 is 0 Å². The molecule has 3 aromatic rings. The largest absolute Gasteiger partial charge is 0.485 e. The number of nitrogens with one attached hydrogen (secondary N) is 1. The lowest BCUT2D eigenvalue weighted by molar-refractivity contribution is -0.149. The number of aromatic nitrogens is 2. The monoisotopic (exact) mass is 508 g/mol. The summed E-state index contributed by atoms with van der Waals surface area (Å²) in [5.74, 6) is 0.671. The molecule has 1 N–H and O–H groups in total. The number of nitrogens with zero attached hydrogens (tertiary/aromatic N) is 3. The number of para-hydroxylation sites is 2. The summed E-state index contributed by atoms with van der Waals surface area (Å²) in [5.41, 5.74) is 1.43. The van der Waals surface area contributed by atoms with Crippen molar-refractivity contribution in [3.63, 3.8) is 0 Å². The maximum absolute atomic E-state index is 14.1. The quantitative estimate of drug-likeness (QED) is 0.518. The van der Waals surface area contributed by atoms with Gasteiger partial charge < -0.3 is 19.7 Å². The zero-order chi connectivity index (χ0) is 25.1. The highest BCUT2D eigenvalue weighted by molar-refractivity contribution is 7.09. The number of fused-ring (bicyclic) bond motifs is 1. The van der Waals surface area contributed by atoms with Crippen molar-refractivity contribution in [1.82, 2.24) is 20.0 Å². The van der Waals surface area contributed by atoms with E-state index in [1.165, 1.54) is 6.42 Å². The molecule has 2 aromatic heterocycles. The fourth-order valence-electron chi connectivity index (χ4n) is 5.06. The number of carbonyl (C=O) groups excluding carboxylic acids is 2. The molecule has 0 unspecified atom stereocenters. The van der Waals surface area contributed by atoms with Crippen molar-refractivity contribution < 1.29 is 19.1 Å². The molecule has 0 spiro atoms. The Morgan fingerprint density at radius 1 is 1.17 bits per heavy atom. The molecule has 5 rings (SSSR count). The van der Waals surface area contributed by atoms with Crippen LogP contribution in [0.4, 0.5) is 0 Å². The predicted molar refractivity (Wildman–Crippen MR) is 137 cm³/mol. The van der Waals surface area contributed by atoms with Gasteiger partial charge in [0.15, 0.2) is 11.5 Å². The number of thiophene rings is 1. The molecule has 3 heterocycles. The predicted octanol–water partition coefficient (Wildman–Crippen LogP) is 4.15. The zero-order valence-corrected chi connectivity index (χ0v) is 21.5. The van der Waals surface area contributed by atoms with Crippen LogP contribution in [0.15, 0.2) is 48.0 Å². The second-order valence-corrected chi connectivity index (χ2v) is 10.5. The number of rotatable bonds is 7. The fourth-order valence-corrected chi connectivity index (χ4v) is 5.76. The number of carbonyl (C=O) groups is 2. The zero-order valence-electron chi connectivity index (χ0n) is 20.7. The molecule has 0 radical (unpaired) electrons. The highest BCUT2D eigenvalue weighted by Crippen LogP contribution is 2.34. The Balaban J connectivity index is 1.49. The molecule has 1 aromatic carbocycles. The lowest BCUT2D eigenvalue weighted by atomic mass is 9.94. The summed E-state index contributed by atoms with van der Waals surface area (Å²) in [6.45, 7) is 2.25. The van der Waals surface area contributed by atoms with Gasteiger partial charge in [-0.15, -0.1) is 11.3 Å². The van der Waals surface area contributed by atoms with E-state index in [0.717, 1.165) is 36.3 Å². The van der Waals surface area contributed by atoms with Crippen LogP contribution in [0, 0.1) is 6.92 Å². The third-order valence-electron chi connectivity index (χ3n) is 6.83. The van der Waals surface area contributed by atoms with Crippen molar-refractivity contribution in [1.29, 1.82) is 0 Å². The summed E-state index contributed by atoms with van der Waals surface area (Å²) >= 11 is 1.55. The van der Waals surface area contributed by atoms with Gasteiger partial charge in [-0.05, 0) is 43.3 Å². The van der Waals surface area contributed by atoms with Crippen LogP contribution in [0.1, 0.15) is 54.3 Å². The number of amides is 2. The topological polar surface area (TPSA) is 85.7 Å². The van der Waals surface area contributed by atoms with E-state index in [0.29, 0.717) is 17.1 Å². The number of ether oxygens (including phenoxy) is 2. The normalized spacial score (nSPS) is 18.4. The third kappa shape index (κ3) is 5.26. The van der Waals surface area contributed by atoms with Gasteiger partial charge in [0.25, 0.3) is 5.91 Å². The van der Waals surface area contributed by atoms with Crippen molar-refractivity contribution in [2.24, 2.45) is 7.05 Å². The standard InChI is InChI=1S/C27H32N4O4S/c1-18-21(16-30(2)29-18)25(26(32)28-19-9-4-3-5-10-19)31(15-20-11-8-14-36-20)27(33)24-17-34-22-12-6-7-13-23(22)35-24/h6-8,11-14,16,19,24-25H,3-5,9-10,15,17H2,1-2H3,(H,28,32)/t24-,25+/m1/s1. The van der Waals surface area contributed by atoms with E-state index in [9.17, 15) is 9.59 Å². The first-order valence-electron chi connectivity index (χ1n) is 12.5. The molecule has 1 aliphatic carbocycles. The summed E-state index contributed by atoms with van der Waals surface area (Å²) in [6, 6.07) is 10.5. The number of hydrogen-bond donors (Lipinski definition) is 1. The Kier molecular flexibility index (Phi) is 7.27. The molecule has 190 valence electrons. The van der Waals surface area contributed by atoms with Crippen molar-refractivity contribution >= 4 is 23.2 Å². The van der Waals surface area contributed by atoms with Gasteiger partial charge in [0.1, 0.15) is 12.6 Å². The van der Waals surface area contributed by atoms with Gasteiger partial charge in [0, 0.05) is 29.7 Å². The first-order valence-corrected chi connectivity index (χ1v) is 13.4. The van der Waals surface area contributed by atoms with Crippen LogP contribution >= 0.6 is 11.3 Å². The van der Waals surface area contributed by atoms with Crippen molar-refractivity contribution in [3.8, 4) is 11.5 Å². The minimum absolute atomic E-state index is 0.0831. The Morgan fingerprint density at radius 3 is 2.64 bits per heavy atom. The van der Waals surface area contributed by atoms with Gasteiger partial charge >= 0.3 is 0 Å². The third-order valence-corrected chi connectivity index (χ3v) is 7.69. The first-order chi connectivity index (χ1) is 17.5. The second kappa shape index (κ2) is 10.7.